The number of para-hydroxylation sites is 1. The Labute approximate surface area is 93.2 Å². The van der Waals surface area contributed by atoms with Crippen LogP contribution in [0.25, 0.3) is 0 Å². The fourth-order valence-corrected chi connectivity index (χ4v) is 1.23. The van der Waals surface area contributed by atoms with E-state index in [1.165, 1.54) is 30.1 Å². The summed E-state index contributed by atoms with van der Waals surface area (Å²) >= 11 is 0. The Morgan fingerprint density at radius 2 is 2.19 bits per heavy atom. The quantitative estimate of drug-likeness (QED) is 0.746. The highest BCUT2D eigenvalue weighted by Gasteiger charge is 2.17. The van der Waals surface area contributed by atoms with E-state index < -0.39 is 11.7 Å². The summed E-state index contributed by atoms with van der Waals surface area (Å²) in [6.45, 7) is 0.282. The minimum Gasteiger partial charge on any atom is -0.504 e. The Hall–Kier alpha value is -2.22. The van der Waals surface area contributed by atoms with Crippen LogP contribution >= 0.6 is 0 Å². The maximum atomic E-state index is 11.8. The summed E-state index contributed by atoms with van der Waals surface area (Å²) in [7, 11) is 1.53. The lowest BCUT2D eigenvalue weighted by molar-refractivity contribution is 0.0794. The zero-order chi connectivity index (χ0) is 12.1. The number of hydrogen-bond acceptors (Lipinski definition) is 4. The van der Waals surface area contributed by atoms with Gasteiger partial charge in [-0.15, -0.1) is 0 Å². The van der Waals surface area contributed by atoms with Crippen molar-refractivity contribution in [2.75, 3.05) is 13.6 Å². The van der Waals surface area contributed by atoms with Gasteiger partial charge in [0, 0.05) is 13.6 Å². The Morgan fingerprint density at radius 1 is 1.50 bits per heavy atom. The van der Waals surface area contributed by atoms with Gasteiger partial charge in [0.1, 0.15) is 0 Å². The lowest BCUT2D eigenvalue weighted by Crippen LogP contribution is -2.27. The fraction of sp³-hybridized carbons (Fsp3) is 0.273. The molecule has 0 spiro atoms. The smallest absolute Gasteiger partial charge is 0.257 e. The molecule has 2 N–H and O–H groups in total. The van der Waals surface area contributed by atoms with Gasteiger partial charge in [-0.3, -0.25) is 4.79 Å². The number of amides is 1. The lowest BCUT2D eigenvalue weighted by Gasteiger charge is -2.16. The molecular formula is C11H12N2O3. The van der Waals surface area contributed by atoms with Gasteiger partial charge in [-0.2, -0.15) is 5.26 Å². The summed E-state index contributed by atoms with van der Waals surface area (Å²) in [4.78, 5) is 13.1. The zero-order valence-corrected chi connectivity index (χ0v) is 8.84. The number of phenolic OH excluding ortho intramolecular Hbond substituents is 2. The van der Waals surface area contributed by atoms with Crippen LogP contribution in [-0.4, -0.2) is 34.6 Å². The van der Waals surface area contributed by atoms with E-state index in [2.05, 4.69) is 0 Å². The number of aromatic hydroxyl groups is 2. The van der Waals surface area contributed by atoms with Gasteiger partial charge in [0.15, 0.2) is 11.5 Å². The molecule has 1 aromatic rings. The molecule has 84 valence electrons. The molecule has 5 nitrogen and oxygen atoms in total. The van der Waals surface area contributed by atoms with Crippen molar-refractivity contribution < 1.29 is 15.0 Å². The van der Waals surface area contributed by atoms with Crippen molar-refractivity contribution in [1.29, 1.82) is 5.26 Å². The Balaban J connectivity index is 2.89. The van der Waals surface area contributed by atoms with E-state index in [1.807, 2.05) is 6.07 Å². The predicted octanol–water partition coefficient (Wildman–Crippen LogP) is 1.08. The van der Waals surface area contributed by atoms with Gasteiger partial charge in [0.05, 0.1) is 18.1 Å². The summed E-state index contributed by atoms with van der Waals surface area (Å²) in [5.74, 6) is -1.19. The zero-order valence-electron chi connectivity index (χ0n) is 8.84. The van der Waals surface area contributed by atoms with Crippen LogP contribution in [0.1, 0.15) is 16.8 Å². The average Bonchev–Trinajstić information content (AvgIpc) is 2.28. The highest BCUT2D eigenvalue weighted by atomic mass is 16.3. The van der Waals surface area contributed by atoms with Crippen LogP contribution in [0.2, 0.25) is 0 Å². The van der Waals surface area contributed by atoms with Crippen LogP contribution in [0.4, 0.5) is 0 Å². The van der Waals surface area contributed by atoms with Gasteiger partial charge in [-0.1, -0.05) is 6.07 Å². The van der Waals surface area contributed by atoms with Crippen LogP contribution in [0.15, 0.2) is 18.2 Å². The molecule has 0 aromatic heterocycles. The fourth-order valence-electron chi connectivity index (χ4n) is 1.23. The van der Waals surface area contributed by atoms with Crippen molar-refractivity contribution in [3.8, 4) is 17.6 Å². The highest BCUT2D eigenvalue weighted by molar-refractivity contribution is 5.97. The number of carbonyl (C=O) groups excluding carboxylic acids is 1. The first kappa shape index (κ1) is 11.9. The molecule has 5 heteroatoms. The maximum Gasteiger partial charge on any atom is 0.257 e. The van der Waals surface area contributed by atoms with Crippen molar-refractivity contribution in [1.82, 2.24) is 4.90 Å². The molecule has 1 rings (SSSR count). The largest absolute Gasteiger partial charge is 0.504 e. The van der Waals surface area contributed by atoms with Crippen LogP contribution in [0.5, 0.6) is 11.5 Å². The molecule has 1 aromatic carbocycles. The second-order valence-electron chi connectivity index (χ2n) is 3.31. The van der Waals surface area contributed by atoms with Gasteiger partial charge >= 0.3 is 0 Å². The van der Waals surface area contributed by atoms with Crippen LogP contribution < -0.4 is 0 Å². The standard InChI is InChI=1S/C11H12N2O3/c1-13(7-3-6-12)11(16)8-4-2-5-9(14)10(8)15/h2,4-5,14-15H,3,7H2,1H3. The van der Waals surface area contributed by atoms with E-state index in [9.17, 15) is 15.0 Å². The molecule has 0 aliphatic rings. The summed E-state index contributed by atoms with van der Waals surface area (Å²) in [5.41, 5.74) is 0.0282. The average molecular weight is 220 g/mol. The molecule has 0 aliphatic carbocycles. The van der Waals surface area contributed by atoms with E-state index in [0.717, 1.165) is 0 Å². The molecule has 0 bridgehead atoms. The molecule has 16 heavy (non-hydrogen) atoms. The number of rotatable bonds is 3. The molecule has 0 aliphatic heterocycles. The number of carbonyl (C=O) groups is 1. The second-order valence-corrected chi connectivity index (χ2v) is 3.31. The van der Waals surface area contributed by atoms with E-state index in [1.54, 1.807) is 0 Å². The Morgan fingerprint density at radius 3 is 2.81 bits per heavy atom. The molecule has 0 saturated heterocycles. The van der Waals surface area contributed by atoms with Gasteiger partial charge < -0.3 is 15.1 Å². The minimum absolute atomic E-state index is 0.0282. The van der Waals surface area contributed by atoms with Gasteiger partial charge in [0.2, 0.25) is 0 Å². The van der Waals surface area contributed by atoms with E-state index in [0.29, 0.717) is 0 Å². The first-order valence-electron chi connectivity index (χ1n) is 4.71. The van der Waals surface area contributed by atoms with Crippen molar-refractivity contribution in [2.45, 2.75) is 6.42 Å². The normalized spacial score (nSPS) is 9.50. The van der Waals surface area contributed by atoms with Crippen molar-refractivity contribution >= 4 is 5.91 Å². The SMILES string of the molecule is CN(CCC#N)C(=O)c1cccc(O)c1O. The van der Waals surface area contributed by atoms with Crippen LogP contribution in [-0.2, 0) is 0 Å². The third-order valence-corrected chi connectivity index (χ3v) is 2.15. The summed E-state index contributed by atoms with van der Waals surface area (Å²) in [6.07, 6.45) is 0.224. The van der Waals surface area contributed by atoms with Crippen LogP contribution in [0.3, 0.4) is 0 Å². The predicted molar refractivity (Wildman–Crippen MR) is 57.0 cm³/mol. The summed E-state index contributed by atoms with van der Waals surface area (Å²) in [5, 5.41) is 27.1. The molecule has 0 heterocycles. The third kappa shape index (κ3) is 2.42. The number of nitriles is 1. The molecule has 0 saturated carbocycles. The molecule has 0 unspecified atom stereocenters. The minimum atomic E-state index is -0.434. The highest BCUT2D eigenvalue weighted by Crippen LogP contribution is 2.28. The summed E-state index contributed by atoms with van der Waals surface area (Å²) < 4.78 is 0. The van der Waals surface area contributed by atoms with Gasteiger partial charge in [-0.25, -0.2) is 0 Å². The van der Waals surface area contributed by atoms with E-state index >= 15 is 0 Å². The number of phenols is 2. The number of hydrogen-bond donors (Lipinski definition) is 2. The lowest BCUT2D eigenvalue weighted by atomic mass is 10.1. The topological polar surface area (TPSA) is 84.6 Å². The maximum absolute atomic E-state index is 11.8. The molecule has 1 amide bonds. The number of nitrogens with zero attached hydrogens (tertiary/aromatic N) is 2. The Kier molecular flexibility index (Phi) is 3.72. The molecule has 0 fully saturated rings. The van der Waals surface area contributed by atoms with Crippen LogP contribution in [0, 0.1) is 11.3 Å². The first-order valence-corrected chi connectivity index (χ1v) is 4.71. The number of benzene rings is 1. The van der Waals surface area contributed by atoms with E-state index in [-0.39, 0.29) is 24.3 Å². The van der Waals surface area contributed by atoms with Gasteiger partial charge in [0.25, 0.3) is 5.91 Å². The van der Waals surface area contributed by atoms with Crippen molar-refractivity contribution in [2.24, 2.45) is 0 Å². The van der Waals surface area contributed by atoms with E-state index in [4.69, 9.17) is 5.26 Å². The third-order valence-electron chi connectivity index (χ3n) is 2.15. The van der Waals surface area contributed by atoms with Crippen molar-refractivity contribution in [3.05, 3.63) is 23.8 Å². The molecular weight excluding hydrogens is 208 g/mol. The molecule has 0 atom stereocenters. The molecule has 0 radical (unpaired) electrons. The van der Waals surface area contributed by atoms with Gasteiger partial charge in [-0.05, 0) is 12.1 Å². The first-order chi connectivity index (χ1) is 7.57. The summed E-state index contributed by atoms with van der Waals surface area (Å²) in [6, 6.07) is 6.11. The second kappa shape index (κ2) is 5.03. The monoisotopic (exact) mass is 220 g/mol. The van der Waals surface area contributed by atoms with Crippen molar-refractivity contribution in [3.63, 3.8) is 0 Å². The Bertz CT molecular complexity index is 437.